The highest BCUT2D eigenvalue weighted by Gasteiger charge is 2.19. The van der Waals surface area contributed by atoms with Gasteiger partial charge >= 0.3 is 0 Å². The van der Waals surface area contributed by atoms with E-state index in [-0.39, 0.29) is 18.0 Å². The summed E-state index contributed by atoms with van der Waals surface area (Å²) in [5.41, 5.74) is 0. The molecule has 0 spiro atoms. The number of amides is 1. The lowest BCUT2D eigenvalue weighted by Gasteiger charge is -2.30. The van der Waals surface area contributed by atoms with E-state index in [2.05, 4.69) is 27.7 Å². The largest absolute Gasteiger partial charge is 0.468 e. The number of hydrogen-bond donors (Lipinski definition) is 0. The molecule has 0 N–H and O–H groups in total. The first-order valence-electron chi connectivity index (χ1n) is 5.93. The van der Waals surface area contributed by atoms with Gasteiger partial charge in [0.15, 0.2) is 0 Å². The lowest BCUT2D eigenvalue weighted by atomic mass is 10.2. The minimum Gasteiger partial charge on any atom is -0.468 e. The summed E-state index contributed by atoms with van der Waals surface area (Å²) in [6.07, 6.45) is 1.66. The van der Waals surface area contributed by atoms with Crippen molar-refractivity contribution in [3.05, 3.63) is 24.2 Å². The van der Waals surface area contributed by atoms with E-state index in [0.717, 1.165) is 11.5 Å². The van der Waals surface area contributed by atoms with Gasteiger partial charge in [-0.25, -0.2) is 0 Å². The van der Waals surface area contributed by atoms with Gasteiger partial charge in [-0.15, -0.1) is 11.8 Å². The maximum Gasteiger partial charge on any atom is 0.233 e. The molecule has 0 aromatic carbocycles. The summed E-state index contributed by atoms with van der Waals surface area (Å²) in [7, 11) is 0. The zero-order valence-corrected chi connectivity index (χ0v) is 11.8. The monoisotopic (exact) mass is 255 g/mol. The Balaban J connectivity index is 2.37. The van der Waals surface area contributed by atoms with Crippen LogP contribution in [0.3, 0.4) is 0 Å². The maximum absolute atomic E-state index is 12.0. The summed E-state index contributed by atoms with van der Waals surface area (Å²) >= 11 is 1.60. The fourth-order valence-electron chi connectivity index (χ4n) is 1.88. The number of rotatable bonds is 6. The Morgan fingerprint density at radius 3 is 2.47 bits per heavy atom. The molecule has 0 fully saturated rings. The zero-order valence-electron chi connectivity index (χ0n) is 11.0. The van der Waals surface area contributed by atoms with Crippen molar-refractivity contribution in [2.75, 3.05) is 5.75 Å². The molecule has 1 rings (SSSR count). The molecule has 0 bridgehead atoms. The lowest BCUT2D eigenvalue weighted by molar-refractivity contribution is -0.131. The molecule has 0 saturated carbocycles. The molecule has 0 atom stereocenters. The number of carbonyl (C=O) groups excluding carboxylic acids is 1. The van der Waals surface area contributed by atoms with E-state index < -0.39 is 0 Å². The summed E-state index contributed by atoms with van der Waals surface area (Å²) < 4.78 is 5.22. The maximum atomic E-state index is 12.0. The van der Waals surface area contributed by atoms with Crippen LogP contribution in [0.25, 0.3) is 0 Å². The molecule has 1 aromatic rings. The Bertz CT molecular complexity index is 325. The van der Waals surface area contributed by atoms with Crippen LogP contribution in [-0.4, -0.2) is 28.6 Å². The molecule has 0 saturated heterocycles. The van der Waals surface area contributed by atoms with Gasteiger partial charge in [-0.2, -0.15) is 0 Å². The normalized spacial score (nSPS) is 11.2. The van der Waals surface area contributed by atoms with Crippen molar-refractivity contribution in [2.24, 2.45) is 0 Å². The number of carbonyl (C=O) groups is 1. The number of thioether (sulfide) groups is 1. The number of nitrogens with zero attached hydrogens (tertiary/aromatic N) is 1. The first kappa shape index (κ1) is 14.2. The summed E-state index contributed by atoms with van der Waals surface area (Å²) in [4.78, 5) is 14.0. The van der Waals surface area contributed by atoms with Crippen molar-refractivity contribution < 1.29 is 9.21 Å². The molecule has 1 heterocycles. The van der Waals surface area contributed by atoms with E-state index in [9.17, 15) is 4.79 Å². The summed E-state index contributed by atoms with van der Waals surface area (Å²) in [5.74, 6) is 2.38. The van der Waals surface area contributed by atoms with Crippen LogP contribution in [0.2, 0.25) is 0 Å². The standard InChI is InChI=1S/C13H21NO2S/c1-10(2)14(11(3)4)13(15)9-17-8-12-6-5-7-16-12/h5-7,10-11H,8-9H2,1-4H3. The van der Waals surface area contributed by atoms with Crippen molar-refractivity contribution in [1.29, 1.82) is 0 Å². The first-order valence-corrected chi connectivity index (χ1v) is 7.09. The lowest BCUT2D eigenvalue weighted by Crippen LogP contribution is -2.43. The Morgan fingerprint density at radius 1 is 1.35 bits per heavy atom. The number of hydrogen-bond acceptors (Lipinski definition) is 3. The van der Waals surface area contributed by atoms with E-state index in [1.165, 1.54) is 0 Å². The summed E-state index contributed by atoms with van der Waals surface area (Å²) in [6.45, 7) is 8.20. The average Bonchev–Trinajstić information content (AvgIpc) is 2.69. The molecule has 0 aliphatic heterocycles. The second kappa shape index (κ2) is 6.74. The van der Waals surface area contributed by atoms with Gasteiger partial charge in [-0.3, -0.25) is 4.79 Å². The molecule has 3 nitrogen and oxygen atoms in total. The van der Waals surface area contributed by atoms with Crippen LogP contribution in [0.5, 0.6) is 0 Å². The Kier molecular flexibility index (Phi) is 5.62. The molecule has 17 heavy (non-hydrogen) atoms. The molecule has 4 heteroatoms. The molecule has 1 aromatic heterocycles. The predicted molar refractivity (Wildman–Crippen MR) is 72.0 cm³/mol. The van der Waals surface area contributed by atoms with Gasteiger partial charge in [-0.05, 0) is 39.8 Å². The molecule has 0 radical (unpaired) electrons. The highest BCUT2D eigenvalue weighted by molar-refractivity contribution is 7.99. The van der Waals surface area contributed by atoms with Crippen LogP contribution in [0, 0.1) is 0 Å². The smallest absolute Gasteiger partial charge is 0.233 e. The van der Waals surface area contributed by atoms with Gasteiger partial charge in [0.2, 0.25) is 5.91 Å². The van der Waals surface area contributed by atoms with Crippen molar-refractivity contribution in [1.82, 2.24) is 4.90 Å². The van der Waals surface area contributed by atoms with E-state index in [1.807, 2.05) is 17.0 Å². The van der Waals surface area contributed by atoms with Crippen molar-refractivity contribution >= 4 is 17.7 Å². The molecule has 0 unspecified atom stereocenters. The quantitative estimate of drug-likeness (QED) is 0.783. The second-order valence-corrected chi connectivity index (χ2v) is 5.55. The van der Waals surface area contributed by atoms with Gasteiger partial charge in [0.05, 0.1) is 17.8 Å². The third-order valence-corrected chi connectivity index (χ3v) is 3.39. The van der Waals surface area contributed by atoms with Crippen LogP contribution in [-0.2, 0) is 10.5 Å². The van der Waals surface area contributed by atoms with Crippen LogP contribution in [0.4, 0.5) is 0 Å². The third-order valence-electron chi connectivity index (χ3n) is 2.45. The van der Waals surface area contributed by atoms with Gasteiger partial charge < -0.3 is 9.32 Å². The van der Waals surface area contributed by atoms with E-state index >= 15 is 0 Å². The van der Waals surface area contributed by atoms with Gasteiger partial charge in [0.1, 0.15) is 5.76 Å². The minimum atomic E-state index is 0.201. The SMILES string of the molecule is CC(C)N(C(=O)CSCc1ccco1)C(C)C. The third kappa shape index (κ3) is 4.46. The zero-order chi connectivity index (χ0) is 12.8. The Hall–Kier alpha value is -0.900. The molecule has 1 amide bonds. The molecule has 0 aliphatic carbocycles. The van der Waals surface area contributed by atoms with Crippen LogP contribution < -0.4 is 0 Å². The molecule has 96 valence electrons. The fourth-order valence-corrected chi connectivity index (χ4v) is 2.67. The topological polar surface area (TPSA) is 33.5 Å². The Morgan fingerprint density at radius 2 is 2.00 bits per heavy atom. The van der Waals surface area contributed by atoms with Crippen molar-refractivity contribution in [3.63, 3.8) is 0 Å². The fraction of sp³-hybridized carbons (Fsp3) is 0.615. The second-order valence-electron chi connectivity index (χ2n) is 4.56. The van der Waals surface area contributed by atoms with Crippen LogP contribution in [0.1, 0.15) is 33.5 Å². The van der Waals surface area contributed by atoms with Crippen LogP contribution in [0.15, 0.2) is 22.8 Å². The van der Waals surface area contributed by atoms with Crippen molar-refractivity contribution in [3.8, 4) is 0 Å². The first-order chi connectivity index (χ1) is 8.02. The Labute approximate surface area is 108 Å². The highest BCUT2D eigenvalue weighted by Crippen LogP contribution is 2.15. The minimum absolute atomic E-state index is 0.201. The van der Waals surface area contributed by atoms with Gasteiger partial charge in [-0.1, -0.05) is 0 Å². The average molecular weight is 255 g/mol. The van der Waals surface area contributed by atoms with Crippen molar-refractivity contribution in [2.45, 2.75) is 45.5 Å². The van der Waals surface area contributed by atoms with Gasteiger partial charge in [0.25, 0.3) is 0 Å². The highest BCUT2D eigenvalue weighted by atomic mass is 32.2. The van der Waals surface area contributed by atoms with Gasteiger partial charge in [0, 0.05) is 12.1 Å². The van der Waals surface area contributed by atoms with E-state index in [1.54, 1.807) is 18.0 Å². The molecular weight excluding hydrogens is 234 g/mol. The van der Waals surface area contributed by atoms with Crippen LogP contribution >= 0.6 is 11.8 Å². The van der Waals surface area contributed by atoms with E-state index in [4.69, 9.17) is 4.42 Å². The predicted octanol–water partition coefficient (Wildman–Crippen LogP) is 3.16. The molecule has 0 aliphatic rings. The summed E-state index contributed by atoms with van der Waals surface area (Å²) in [6, 6.07) is 4.31. The summed E-state index contributed by atoms with van der Waals surface area (Å²) in [5, 5.41) is 0. The number of furan rings is 1. The van der Waals surface area contributed by atoms with E-state index in [0.29, 0.717) is 5.75 Å². The molecular formula is C13H21NO2S.